The number of carbonyl (C=O) groups is 2. The Bertz CT molecular complexity index is 1170. The summed E-state index contributed by atoms with van der Waals surface area (Å²) in [6, 6.07) is 13.0. The number of ether oxygens (including phenoxy) is 2. The van der Waals surface area contributed by atoms with E-state index < -0.39 is 0 Å². The highest BCUT2D eigenvalue weighted by molar-refractivity contribution is 7.16. The fourth-order valence-corrected chi connectivity index (χ4v) is 5.05. The summed E-state index contributed by atoms with van der Waals surface area (Å²) in [4.78, 5) is 31.4. The SMILES string of the molecule is CCc1ccc(NC(=O)C2CCCc3sc(NC(=O)c4ccc5c(c4)OCO5)nc32)cc1. The van der Waals surface area contributed by atoms with E-state index in [9.17, 15) is 9.59 Å². The largest absolute Gasteiger partial charge is 0.454 e. The van der Waals surface area contributed by atoms with Crippen LogP contribution < -0.4 is 20.1 Å². The molecule has 2 N–H and O–H groups in total. The number of nitrogens with zero attached hydrogens (tertiary/aromatic N) is 1. The zero-order chi connectivity index (χ0) is 22.1. The first-order valence-corrected chi connectivity index (χ1v) is 11.5. The molecule has 0 bridgehead atoms. The lowest BCUT2D eigenvalue weighted by Gasteiger charge is -2.20. The number of rotatable bonds is 5. The molecule has 3 aromatic rings. The molecule has 8 heteroatoms. The van der Waals surface area contributed by atoms with Crippen LogP contribution >= 0.6 is 11.3 Å². The van der Waals surface area contributed by atoms with Gasteiger partial charge in [0, 0.05) is 16.1 Å². The van der Waals surface area contributed by atoms with Crippen LogP contribution in [0.5, 0.6) is 11.5 Å². The average Bonchev–Trinajstić information content (AvgIpc) is 3.45. The van der Waals surface area contributed by atoms with Crippen molar-refractivity contribution < 1.29 is 19.1 Å². The maximum atomic E-state index is 13.0. The van der Waals surface area contributed by atoms with Crippen molar-refractivity contribution in [2.75, 3.05) is 17.4 Å². The summed E-state index contributed by atoms with van der Waals surface area (Å²) in [6.45, 7) is 2.26. The molecule has 2 heterocycles. The number of aryl methyl sites for hydroxylation is 2. The van der Waals surface area contributed by atoms with Gasteiger partial charge in [0.25, 0.3) is 5.91 Å². The highest BCUT2D eigenvalue weighted by Crippen LogP contribution is 2.38. The number of fused-ring (bicyclic) bond motifs is 2. The van der Waals surface area contributed by atoms with Crippen LogP contribution in [0.2, 0.25) is 0 Å². The fourth-order valence-electron chi connectivity index (χ4n) is 3.99. The molecule has 0 spiro atoms. The van der Waals surface area contributed by atoms with Gasteiger partial charge in [-0.05, 0) is 61.6 Å². The number of amides is 2. The minimum atomic E-state index is -0.322. The van der Waals surface area contributed by atoms with E-state index in [1.165, 1.54) is 16.9 Å². The number of aromatic nitrogens is 1. The van der Waals surface area contributed by atoms with Gasteiger partial charge < -0.3 is 14.8 Å². The molecule has 32 heavy (non-hydrogen) atoms. The average molecular weight is 450 g/mol. The number of anilines is 2. The lowest BCUT2D eigenvalue weighted by molar-refractivity contribution is -0.117. The van der Waals surface area contributed by atoms with E-state index in [-0.39, 0.29) is 24.5 Å². The first-order valence-electron chi connectivity index (χ1n) is 10.7. The van der Waals surface area contributed by atoms with Crippen LogP contribution in [0.1, 0.15) is 52.2 Å². The van der Waals surface area contributed by atoms with Crippen LogP contribution in [-0.4, -0.2) is 23.6 Å². The van der Waals surface area contributed by atoms with Crippen molar-refractivity contribution in [1.29, 1.82) is 0 Å². The summed E-state index contributed by atoms with van der Waals surface area (Å²) >= 11 is 1.44. The second-order valence-corrected chi connectivity index (χ2v) is 8.92. The van der Waals surface area contributed by atoms with Crippen LogP contribution in [-0.2, 0) is 17.6 Å². The van der Waals surface area contributed by atoms with Crippen molar-refractivity contribution in [3.05, 3.63) is 64.2 Å². The standard InChI is InChI=1S/C24H23N3O4S/c1-2-14-6-9-16(10-7-14)25-23(29)17-4-3-5-20-21(17)26-24(32-20)27-22(28)15-8-11-18-19(12-15)31-13-30-18/h6-12,17H,2-5,13H2,1H3,(H,25,29)(H,26,27,28). The Kier molecular flexibility index (Phi) is 5.53. The van der Waals surface area contributed by atoms with E-state index >= 15 is 0 Å². The van der Waals surface area contributed by atoms with Crippen LogP contribution in [0.25, 0.3) is 0 Å². The third kappa shape index (κ3) is 4.05. The molecule has 1 unspecified atom stereocenters. The van der Waals surface area contributed by atoms with Gasteiger partial charge in [-0.1, -0.05) is 19.1 Å². The Balaban J connectivity index is 1.30. The van der Waals surface area contributed by atoms with Gasteiger partial charge in [0.15, 0.2) is 16.6 Å². The maximum Gasteiger partial charge on any atom is 0.257 e. The monoisotopic (exact) mass is 449 g/mol. The van der Waals surface area contributed by atoms with E-state index in [1.807, 2.05) is 24.3 Å². The van der Waals surface area contributed by atoms with Crippen molar-refractivity contribution in [3.63, 3.8) is 0 Å². The first-order chi connectivity index (χ1) is 15.6. The smallest absolute Gasteiger partial charge is 0.257 e. The number of carbonyl (C=O) groups excluding carboxylic acids is 2. The molecule has 1 aliphatic carbocycles. The van der Waals surface area contributed by atoms with E-state index in [0.29, 0.717) is 22.2 Å². The number of benzene rings is 2. The summed E-state index contributed by atoms with van der Waals surface area (Å²) in [7, 11) is 0. The predicted molar refractivity (Wildman–Crippen MR) is 123 cm³/mol. The Hall–Kier alpha value is -3.39. The van der Waals surface area contributed by atoms with Crippen molar-refractivity contribution in [2.45, 2.75) is 38.5 Å². The molecule has 0 radical (unpaired) electrons. The molecule has 1 aliphatic heterocycles. The van der Waals surface area contributed by atoms with Gasteiger partial charge in [-0.3, -0.25) is 14.9 Å². The Labute approximate surface area is 189 Å². The van der Waals surface area contributed by atoms with Crippen molar-refractivity contribution >= 4 is 34.0 Å². The highest BCUT2D eigenvalue weighted by atomic mass is 32.1. The summed E-state index contributed by atoms with van der Waals surface area (Å²) in [6.07, 6.45) is 3.48. The number of hydrogen-bond acceptors (Lipinski definition) is 6. The lowest BCUT2D eigenvalue weighted by Crippen LogP contribution is -2.24. The molecular weight excluding hydrogens is 426 g/mol. The van der Waals surface area contributed by atoms with Gasteiger partial charge in [-0.2, -0.15) is 0 Å². The van der Waals surface area contributed by atoms with Gasteiger partial charge in [0.05, 0.1) is 11.6 Å². The molecule has 1 aromatic heterocycles. The van der Waals surface area contributed by atoms with Gasteiger partial charge in [-0.15, -0.1) is 11.3 Å². The Morgan fingerprint density at radius 3 is 2.72 bits per heavy atom. The van der Waals surface area contributed by atoms with Crippen LogP contribution in [0, 0.1) is 0 Å². The number of thiazole rings is 1. The van der Waals surface area contributed by atoms with E-state index in [4.69, 9.17) is 9.47 Å². The van der Waals surface area contributed by atoms with E-state index in [0.717, 1.165) is 41.9 Å². The van der Waals surface area contributed by atoms with Gasteiger partial charge in [-0.25, -0.2) is 4.98 Å². The van der Waals surface area contributed by atoms with E-state index in [2.05, 4.69) is 22.5 Å². The zero-order valence-electron chi connectivity index (χ0n) is 17.6. The van der Waals surface area contributed by atoms with Gasteiger partial charge in [0.1, 0.15) is 0 Å². The third-order valence-electron chi connectivity index (χ3n) is 5.76. The predicted octanol–water partition coefficient (Wildman–Crippen LogP) is 4.75. The highest BCUT2D eigenvalue weighted by Gasteiger charge is 2.31. The molecule has 0 saturated carbocycles. The second kappa shape index (κ2) is 8.63. The minimum Gasteiger partial charge on any atom is -0.454 e. The number of hydrogen-bond donors (Lipinski definition) is 2. The quantitative estimate of drug-likeness (QED) is 0.587. The zero-order valence-corrected chi connectivity index (χ0v) is 18.5. The lowest BCUT2D eigenvalue weighted by atomic mass is 9.90. The van der Waals surface area contributed by atoms with Gasteiger partial charge >= 0.3 is 0 Å². The summed E-state index contributed by atoms with van der Waals surface area (Å²) in [5.74, 6) is 0.529. The molecule has 1 atom stereocenters. The molecule has 0 fully saturated rings. The van der Waals surface area contributed by atoms with Gasteiger partial charge in [0.2, 0.25) is 12.7 Å². The van der Waals surface area contributed by atoms with Crippen molar-refractivity contribution in [3.8, 4) is 11.5 Å². The topological polar surface area (TPSA) is 89.6 Å². The molecule has 2 amide bonds. The first kappa shape index (κ1) is 20.5. The fraction of sp³-hybridized carbons (Fsp3) is 0.292. The molecule has 164 valence electrons. The molecule has 0 saturated heterocycles. The molecular formula is C24H23N3O4S. The molecule has 5 rings (SSSR count). The van der Waals surface area contributed by atoms with Crippen LogP contribution in [0.4, 0.5) is 10.8 Å². The Morgan fingerprint density at radius 1 is 1.09 bits per heavy atom. The normalized spacial score (nSPS) is 16.3. The van der Waals surface area contributed by atoms with Crippen LogP contribution in [0.15, 0.2) is 42.5 Å². The van der Waals surface area contributed by atoms with E-state index in [1.54, 1.807) is 18.2 Å². The second-order valence-electron chi connectivity index (χ2n) is 7.83. The summed E-state index contributed by atoms with van der Waals surface area (Å²) in [5.41, 5.74) is 3.24. The molecule has 2 aromatic carbocycles. The summed E-state index contributed by atoms with van der Waals surface area (Å²) in [5, 5.41) is 6.39. The summed E-state index contributed by atoms with van der Waals surface area (Å²) < 4.78 is 10.6. The molecule has 2 aliphatic rings. The van der Waals surface area contributed by atoms with Crippen LogP contribution in [0.3, 0.4) is 0 Å². The third-order valence-corrected chi connectivity index (χ3v) is 6.80. The number of nitrogens with one attached hydrogen (secondary N) is 2. The van der Waals surface area contributed by atoms with Crippen molar-refractivity contribution in [1.82, 2.24) is 4.98 Å². The Morgan fingerprint density at radius 2 is 1.91 bits per heavy atom. The minimum absolute atomic E-state index is 0.0610. The molecule has 7 nitrogen and oxygen atoms in total. The maximum absolute atomic E-state index is 13.0. The van der Waals surface area contributed by atoms with Crippen molar-refractivity contribution in [2.24, 2.45) is 0 Å².